The van der Waals surface area contributed by atoms with Gasteiger partial charge in [0.25, 0.3) is 0 Å². The van der Waals surface area contributed by atoms with Gasteiger partial charge in [0, 0.05) is 18.5 Å². The number of thiophene rings is 1. The van der Waals surface area contributed by atoms with E-state index in [4.69, 9.17) is 4.74 Å². The highest BCUT2D eigenvalue weighted by molar-refractivity contribution is 14.0. The fraction of sp³-hybridized carbons (Fsp3) is 0.353. The van der Waals surface area contributed by atoms with Gasteiger partial charge in [-0.2, -0.15) is 0 Å². The van der Waals surface area contributed by atoms with Gasteiger partial charge in [-0.25, -0.2) is 0 Å². The van der Waals surface area contributed by atoms with Crippen LogP contribution in [0.5, 0.6) is 5.75 Å². The van der Waals surface area contributed by atoms with Crippen molar-refractivity contribution in [2.75, 3.05) is 13.7 Å². The van der Waals surface area contributed by atoms with Gasteiger partial charge in [0.2, 0.25) is 0 Å². The zero-order valence-corrected chi connectivity index (χ0v) is 16.7. The van der Waals surface area contributed by atoms with Gasteiger partial charge in [-0.05, 0) is 35.6 Å². The van der Waals surface area contributed by atoms with Crippen LogP contribution in [0.3, 0.4) is 0 Å². The number of hydrogen-bond donors (Lipinski definition) is 2. The van der Waals surface area contributed by atoms with Crippen LogP contribution in [0.2, 0.25) is 0 Å². The quantitative estimate of drug-likeness (QED) is 0.385. The summed E-state index contributed by atoms with van der Waals surface area (Å²) in [5, 5.41) is 8.71. The fourth-order valence-electron chi connectivity index (χ4n) is 1.96. The molecule has 2 aromatic rings. The molecule has 2 N–H and O–H groups in total. The molecule has 0 atom stereocenters. The number of halogens is 1. The molecule has 0 unspecified atom stereocenters. The van der Waals surface area contributed by atoms with Crippen molar-refractivity contribution < 1.29 is 4.74 Å². The molecule has 23 heavy (non-hydrogen) atoms. The van der Waals surface area contributed by atoms with E-state index in [1.54, 1.807) is 18.4 Å². The summed E-state index contributed by atoms with van der Waals surface area (Å²) in [4.78, 5) is 5.53. The van der Waals surface area contributed by atoms with Gasteiger partial charge in [-0.3, -0.25) is 4.99 Å². The molecule has 4 nitrogen and oxygen atoms in total. The summed E-state index contributed by atoms with van der Waals surface area (Å²) in [7, 11) is 1.78. The molecule has 0 saturated heterocycles. The zero-order valence-electron chi connectivity index (χ0n) is 13.5. The van der Waals surface area contributed by atoms with Gasteiger partial charge in [0.1, 0.15) is 5.75 Å². The molecule has 0 radical (unpaired) electrons. The van der Waals surface area contributed by atoms with E-state index >= 15 is 0 Å². The fourth-order valence-corrected chi connectivity index (χ4v) is 2.60. The van der Waals surface area contributed by atoms with Crippen molar-refractivity contribution in [2.45, 2.75) is 26.4 Å². The van der Waals surface area contributed by atoms with Gasteiger partial charge >= 0.3 is 0 Å². The first-order valence-corrected chi connectivity index (χ1v) is 8.38. The van der Waals surface area contributed by atoms with E-state index in [1.165, 1.54) is 10.4 Å². The van der Waals surface area contributed by atoms with E-state index in [1.807, 2.05) is 12.1 Å². The van der Waals surface area contributed by atoms with Crippen LogP contribution in [0.25, 0.3) is 0 Å². The third-order valence-electron chi connectivity index (χ3n) is 3.07. The molecule has 0 spiro atoms. The number of benzene rings is 1. The second kappa shape index (κ2) is 11.3. The molecule has 0 bridgehead atoms. The van der Waals surface area contributed by atoms with Crippen molar-refractivity contribution in [2.24, 2.45) is 4.99 Å². The first-order chi connectivity index (χ1) is 10.8. The third-order valence-corrected chi connectivity index (χ3v) is 3.94. The zero-order chi connectivity index (χ0) is 15.6. The molecule has 0 aliphatic rings. The molecule has 0 amide bonds. The maximum Gasteiger partial charge on any atom is 0.191 e. The lowest BCUT2D eigenvalue weighted by Gasteiger charge is -2.12. The number of hydrogen-bond acceptors (Lipinski definition) is 3. The molecule has 0 fully saturated rings. The number of rotatable bonds is 7. The summed E-state index contributed by atoms with van der Waals surface area (Å²) < 4.78 is 5.65. The van der Waals surface area contributed by atoms with Crippen molar-refractivity contribution in [3.8, 4) is 5.75 Å². The highest BCUT2D eigenvalue weighted by Gasteiger charge is 2.01. The highest BCUT2D eigenvalue weighted by atomic mass is 127. The molecule has 1 aromatic heterocycles. The van der Waals surface area contributed by atoms with E-state index < -0.39 is 0 Å². The summed E-state index contributed by atoms with van der Waals surface area (Å²) in [5.74, 6) is 1.72. The minimum atomic E-state index is 0. The number of nitrogens with one attached hydrogen (secondary N) is 2. The monoisotopic (exact) mass is 445 g/mol. The van der Waals surface area contributed by atoms with Crippen molar-refractivity contribution in [1.29, 1.82) is 0 Å². The Morgan fingerprint density at radius 2 is 2.00 bits per heavy atom. The van der Waals surface area contributed by atoms with Crippen LogP contribution >= 0.6 is 35.3 Å². The Hall–Kier alpha value is -1.28. The Labute approximate surface area is 159 Å². The van der Waals surface area contributed by atoms with Crippen molar-refractivity contribution >= 4 is 41.3 Å². The second-order valence-electron chi connectivity index (χ2n) is 4.85. The lowest BCUT2D eigenvalue weighted by Crippen LogP contribution is -2.36. The molecule has 0 saturated carbocycles. The van der Waals surface area contributed by atoms with Gasteiger partial charge in [-0.15, -0.1) is 35.3 Å². The molecular weight excluding hydrogens is 421 g/mol. The molecule has 1 aromatic carbocycles. The lowest BCUT2D eigenvalue weighted by atomic mass is 10.2. The lowest BCUT2D eigenvalue weighted by molar-refractivity contribution is 0.317. The van der Waals surface area contributed by atoms with Crippen LogP contribution < -0.4 is 15.4 Å². The van der Waals surface area contributed by atoms with E-state index in [9.17, 15) is 0 Å². The van der Waals surface area contributed by atoms with Gasteiger partial charge < -0.3 is 15.4 Å². The van der Waals surface area contributed by atoms with Crippen LogP contribution in [0.1, 0.15) is 23.8 Å². The van der Waals surface area contributed by atoms with Crippen LogP contribution in [-0.4, -0.2) is 19.6 Å². The first-order valence-electron chi connectivity index (χ1n) is 7.50. The summed E-state index contributed by atoms with van der Waals surface area (Å²) in [5.41, 5.74) is 1.17. The number of aliphatic imine (C=N–C) groups is 1. The first kappa shape index (κ1) is 19.8. The number of nitrogens with zero attached hydrogens (tertiary/aromatic N) is 1. The maximum atomic E-state index is 5.65. The highest BCUT2D eigenvalue weighted by Crippen LogP contribution is 2.13. The molecule has 6 heteroatoms. The van der Waals surface area contributed by atoms with Crippen LogP contribution in [0, 0.1) is 0 Å². The van der Waals surface area contributed by atoms with Gasteiger partial charge in [0.15, 0.2) is 5.96 Å². The molecule has 2 rings (SSSR count). The minimum Gasteiger partial charge on any atom is -0.494 e. The Bertz CT molecular complexity index is 587. The van der Waals surface area contributed by atoms with E-state index in [2.05, 4.69) is 52.2 Å². The molecule has 0 aliphatic carbocycles. The second-order valence-corrected chi connectivity index (χ2v) is 5.89. The summed E-state index contributed by atoms with van der Waals surface area (Å²) in [6.07, 6.45) is 1.02. The maximum absolute atomic E-state index is 5.65. The summed E-state index contributed by atoms with van der Waals surface area (Å²) >= 11 is 1.74. The van der Waals surface area contributed by atoms with Crippen LogP contribution in [-0.2, 0) is 13.1 Å². The van der Waals surface area contributed by atoms with E-state index in [-0.39, 0.29) is 24.0 Å². The Morgan fingerprint density at radius 1 is 1.17 bits per heavy atom. The van der Waals surface area contributed by atoms with Gasteiger partial charge in [0.05, 0.1) is 13.2 Å². The SMILES string of the molecule is CCCOc1cccc(CNC(=NC)NCc2cccs2)c1.I. The topological polar surface area (TPSA) is 45.6 Å². The third kappa shape index (κ3) is 7.22. The average Bonchev–Trinajstić information content (AvgIpc) is 3.07. The molecular formula is C17H24IN3OS. The van der Waals surface area contributed by atoms with E-state index in [0.717, 1.165) is 31.3 Å². The predicted octanol–water partition coefficient (Wildman–Crippen LogP) is 4.02. The Morgan fingerprint density at radius 3 is 2.70 bits per heavy atom. The standard InChI is InChI=1S/C17H23N3OS.HI/c1-3-9-21-15-7-4-6-14(11-15)12-19-17(18-2)20-13-16-8-5-10-22-16;/h4-8,10-11H,3,9,12-13H2,1-2H3,(H2,18,19,20);1H. The Kier molecular flexibility index (Phi) is 9.70. The van der Waals surface area contributed by atoms with Crippen LogP contribution in [0.4, 0.5) is 0 Å². The minimum absolute atomic E-state index is 0. The molecule has 126 valence electrons. The molecule has 0 aliphatic heterocycles. The van der Waals surface area contributed by atoms with Crippen molar-refractivity contribution in [3.63, 3.8) is 0 Å². The smallest absolute Gasteiger partial charge is 0.191 e. The average molecular weight is 445 g/mol. The van der Waals surface area contributed by atoms with Crippen molar-refractivity contribution in [1.82, 2.24) is 10.6 Å². The normalized spacial score (nSPS) is 10.8. The van der Waals surface area contributed by atoms with Crippen molar-refractivity contribution in [3.05, 3.63) is 52.2 Å². The largest absolute Gasteiger partial charge is 0.494 e. The summed E-state index contributed by atoms with van der Waals surface area (Å²) in [6, 6.07) is 12.3. The Balaban J connectivity index is 0.00000264. The predicted molar refractivity (Wildman–Crippen MR) is 109 cm³/mol. The number of guanidine groups is 1. The number of ether oxygens (including phenoxy) is 1. The van der Waals surface area contributed by atoms with Gasteiger partial charge in [-0.1, -0.05) is 25.1 Å². The summed E-state index contributed by atoms with van der Waals surface area (Å²) in [6.45, 7) is 4.36. The van der Waals surface area contributed by atoms with E-state index in [0.29, 0.717) is 6.54 Å². The van der Waals surface area contributed by atoms with Crippen LogP contribution in [0.15, 0.2) is 46.8 Å². The molecule has 1 heterocycles.